The highest BCUT2D eigenvalue weighted by Gasteiger charge is 2.32. The Bertz CT molecular complexity index is 870. The van der Waals surface area contributed by atoms with Crippen molar-refractivity contribution in [3.05, 3.63) is 58.3 Å². The molecule has 0 aliphatic carbocycles. The highest BCUT2D eigenvalue weighted by Crippen LogP contribution is 2.18. The van der Waals surface area contributed by atoms with Gasteiger partial charge in [0.25, 0.3) is 5.91 Å². The van der Waals surface area contributed by atoms with Crippen molar-refractivity contribution in [1.82, 2.24) is 16.0 Å². The lowest BCUT2D eigenvalue weighted by atomic mass is 10.1. The average molecular weight is 415 g/mol. The van der Waals surface area contributed by atoms with Crippen molar-refractivity contribution in [2.24, 2.45) is 0 Å². The molecule has 1 aromatic carbocycles. The number of carbonyl (C=O) groups excluding carboxylic acids is 4. The Morgan fingerprint density at radius 3 is 2.72 bits per heavy atom. The van der Waals surface area contributed by atoms with Crippen LogP contribution in [0, 0.1) is 0 Å². The lowest BCUT2D eigenvalue weighted by Gasteiger charge is -2.21. The molecule has 2 atom stereocenters. The van der Waals surface area contributed by atoms with Crippen molar-refractivity contribution >= 4 is 35.0 Å². The fourth-order valence-electron chi connectivity index (χ4n) is 2.90. The third kappa shape index (κ3) is 5.64. The molecule has 1 aromatic heterocycles. The summed E-state index contributed by atoms with van der Waals surface area (Å²) < 4.78 is 5.20. The van der Waals surface area contributed by atoms with Gasteiger partial charge in [-0.25, -0.2) is 4.79 Å². The Balaban J connectivity index is 1.65. The van der Waals surface area contributed by atoms with Gasteiger partial charge in [-0.15, -0.1) is 0 Å². The van der Waals surface area contributed by atoms with E-state index in [1.165, 1.54) is 11.3 Å². The molecule has 152 valence electrons. The number of ketones is 1. The van der Waals surface area contributed by atoms with Crippen LogP contribution in [0.1, 0.15) is 30.0 Å². The largest absolute Gasteiger partial charge is 0.445 e. The molecule has 3 amide bonds. The van der Waals surface area contributed by atoms with Crippen LogP contribution in [0.25, 0.3) is 0 Å². The van der Waals surface area contributed by atoms with Crippen molar-refractivity contribution in [1.29, 1.82) is 0 Å². The summed E-state index contributed by atoms with van der Waals surface area (Å²) in [5.74, 6) is -1.98. The zero-order valence-electron chi connectivity index (χ0n) is 15.6. The molecule has 8 nitrogen and oxygen atoms in total. The number of Topliss-reactive ketones (excluding diaryl/α,β-unsaturated/α-hetero) is 1. The first kappa shape index (κ1) is 20.5. The molecule has 0 radical (unpaired) electrons. The zero-order valence-corrected chi connectivity index (χ0v) is 16.4. The van der Waals surface area contributed by atoms with Crippen LogP contribution < -0.4 is 16.0 Å². The van der Waals surface area contributed by atoms with Gasteiger partial charge in [0.15, 0.2) is 0 Å². The highest BCUT2D eigenvalue weighted by molar-refractivity contribution is 7.08. The molecule has 3 N–H and O–H groups in total. The van der Waals surface area contributed by atoms with Crippen molar-refractivity contribution in [3.8, 4) is 0 Å². The molecule has 29 heavy (non-hydrogen) atoms. The third-order valence-corrected chi connectivity index (χ3v) is 5.13. The molecule has 0 spiro atoms. The fourth-order valence-corrected chi connectivity index (χ4v) is 3.59. The normalized spacial score (nSPS) is 17.6. The van der Waals surface area contributed by atoms with Gasteiger partial charge < -0.3 is 20.7 Å². The molecule has 1 fully saturated rings. The minimum Gasteiger partial charge on any atom is -0.445 e. The second-order valence-electron chi connectivity index (χ2n) is 6.52. The Morgan fingerprint density at radius 1 is 1.21 bits per heavy atom. The van der Waals surface area contributed by atoms with Crippen LogP contribution >= 0.6 is 11.3 Å². The van der Waals surface area contributed by atoms with E-state index in [0.29, 0.717) is 24.9 Å². The summed E-state index contributed by atoms with van der Waals surface area (Å²) in [4.78, 5) is 48.9. The van der Waals surface area contributed by atoms with Gasteiger partial charge in [0, 0.05) is 6.54 Å². The monoisotopic (exact) mass is 415 g/mol. The molecule has 2 aromatic rings. The molecule has 3 rings (SSSR count). The second kappa shape index (κ2) is 9.83. The Kier molecular flexibility index (Phi) is 6.96. The maximum absolute atomic E-state index is 12.8. The smallest absolute Gasteiger partial charge is 0.408 e. The summed E-state index contributed by atoms with van der Waals surface area (Å²) in [7, 11) is 0. The van der Waals surface area contributed by atoms with E-state index in [1.807, 2.05) is 30.3 Å². The van der Waals surface area contributed by atoms with Gasteiger partial charge >= 0.3 is 6.09 Å². The van der Waals surface area contributed by atoms with Crippen LogP contribution in [-0.4, -0.2) is 36.3 Å². The van der Waals surface area contributed by atoms with Crippen LogP contribution in [0.2, 0.25) is 0 Å². The first-order chi connectivity index (χ1) is 14.0. The molecular weight excluding hydrogens is 394 g/mol. The molecule has 1 aliphatic heterocycles. The van der Waals surface area contributed by atoms with E-state index >= 15 is 0 Å². The quantitative estimate of drug-likeness (QED) is 0.621. The van der Waals surface area contributed by atoms with E-state index < -0.39 is 35.8 Å². The van der Waals surface area contributed by atoms with E-state index in [2.05, 4.69) is 16.0 Å². The third-order valence-electron chi connectivity index (χ3n) is 4.43. The standard InChI is InChI=1S/C20H21N3O5S/c24-17-15(7-4-9-21-19(17)26)22-18(25)16(14-8-10-29-12-14)23-20(27)28-11-13-5-2-1-3-6-13/h1-3,5-6,8,10,12,15-16H,4,7,9,11H2,(H,21,26)(H,22,25)(H,23,27). The number of benzene rings is 1. The topological polar surface area (TPSA) is 114 Å². The predicted molar refractivity (Wildman–Crippen MR) is 106 cm³/mol. The van der Waals surface area contributed by atoms with Gasteiger partial charge in [0.1, 0.15) is 12.6 Å². The Labute approximate surface area is 171 Å². The van der Waals surface area contributed by atoms with Crippen molar-refractivity contribution in [2.45, 2.75) is 31.5 Å². The summed E-state index contributed by atoms with van der Waals surface area (Å²) in [6, 6.07) is 8.90. The van der Waals surface area contributed by atoms with Crippen molar-refractivity contribution < 1.29 is 23.9 Å². The fraction of sp³-hybridized carbons (Fsp3) is 0.300. The van der Waals surface area contributed by atoms with E-state index in [0.717, 1.165) is 5.56 Å². The van der Waals surface area contributed by atoms with E-state index in [9.17, 15) is 19.2 Å². The van der Waals surface area contributed by atoms with Crippen LogP contribution in [0.15, 0.2) is 47.2 Å². The van der Waals surface area contributed by atoms with Crippen LogP contribution in [0.3, 0.4) is 0 Å². The van der Waals surface area contributed by atoms with Crippen LogP contribution in [0.4, 0.5) is 4.79 Å². The Hall–Kier alpha value is -3.20. The van der Waals surface area contributed by atoms with Gasteiger partial charge in [0.2, 0.25) is 11.7 Å². The number of thiophene rings is 1. The highest BCUT2D eigenvalue weighted by atomic mass is 32.1. The number of hydrogen-bond donors (Lipinski definition) is 3. The molecule has 2 unspecified atom stereocenters. The summed E-state index contributed by atoms with van der Waals surface area (Å²) >= 11 is 1.37. The molecular formula is C20H21N3O5S. The number of nitrogens with one attached hydrogen (secondary N) is 3. The number of hydrogen-bond acceptors (Lipinski definition) is 6. The van der Waals surface area contributed by atoms with Crippen molar-refractivity contribution in [3.63, 3.8) is 0 Å². The van der Waals surface area contributed by atoms with Gasteiger partial charge in [-0.2, -0.15) is 11.3 Å². The number of amides is 3. The molecule has 0 bridgehead atoms. The SMILES string of the molecule is O=C(NC(C(=O)NC1CCCNC(=O)C1=O)c1ccsc1)OCc1ccccc1. The van der Waals surface area contributed by atoms with Crippen molar-refractivity contribution in [2.75, 3.05) is 6.54 Å². The molecule has 1 aliphatic rings. The molecule has 1 saturated heterocycles. The maximum Gasteiger partial charge on any atom is 0.408 e. The summed E-state index contributed by atoms with van der Waals surface area (Å²) in [5, 5.41) is 11.1. The lowest BCUT2D eigenvalue weighted by Crippen LogP contribution is -2.49. The van der Waals surface area contributed by atoms with Gasteiger partial charge in [-0.3, -0.25) is 14.4 Å². The number of alkyl carbamates (subject to hydrolysis) is 1. The Morgan fingerprint density at radius 2 is 2.00 bits per heavy atom. The number of rotatable bonds is 6. The molecule has 9 heteroatoms. The zero-order chi connectivity index (χ0) is 20.6. The number of carbonyl (C=O) groups is 4. The van der Waals surface area contributed by atoms with Gasteiger partial charge in [0.05, 0.1) is 6.04 Å². The second-order valence-corrected chi connectivity index (χ2v) is 7.30. The summed E-state index contributed by atoms with van der Waals surface area (Å²) in [6.45, 7) is 0.445. The first-order valence-corrected chi connectivity index (χ1v) is 10.1. The molecule has 2 heterocycles. The summed E-state index contributed by atoms with van der Waals surface area (Å²) in [5.41, 5.74) is 1.38. The van der Waals surface area contributed by atoms with E-state index in [1.54, 1.807) is 16.8 Å². The lowest BCUT2D eigenvalue weighted by molar-refractivity contribution is -0.139. The summed E-state index contributed by atoms with van der Waals surface area (Å²) in [6.07, 6.45) is 0.154. The minimum absolute atomic E-state index is 0.0614. The van der Waals surface area contributed by atoms with E-state index in [4.69, 9.17) is 4.74 Å². The maximum atomic E-state index is 12.8. The minimum atomic E-state index is -1.04. The predicted octanol–water partition coefficient (Wildman–Crippen LogP) is 1.68. The van der Waals surface area contributed by atoms with Gasteiger partial charge in [-0.05, 0) is 40.8 Å². The van der Waals surface area contributed by atoms with Crippen LogP contribution in [-0.2, 0) is 25.7 Å². The first-order valence-electron chi connectivity index (χ1n) is 9.16. The van der Waals surface area contributed by atoms with Crippen LogP contribution in [0.5, 0.6) is 0 Å². The molecule has 0 saturated carbocycles. The average Bonchev–Trinajstić information content (AvgIpc) is 3.22. The van der Waals surface area contributed by atoms with E-state index in [-0.39, 0.29) is 6.61 Å². The van der Waals surface area contributed by atoms with Gasteiger partial charge in [-0.1, -0.05) is 30.3 Å². The number of ether oxygens (including phenoxy) is 1.